The maximum Gasteiger partial charge on any atom is 0.345 e. The molecule has 0 aromatic carbocycles. The van der Waals surface area contributed by atoms with Gasteiger partial charge in [-0.1, -0.05) is 0 Å². The van der Waals surface area contributed by atoms with Crippen molar-refractivity contribution in [2.75, 3.05) is 0 Å². The van der Waals surface area contributed by atoms with Crippen molar-refractivity contribution < 1.29 is 15.1 Å². The molecular weight excluding hydrogens is 126 g/mol. The van der Waals surface area contributed by atoms with E-state index in [-0.39, 0.29) is 0 Å². The van der Waals surface area contributed by atoms with Gasteiger partial charge in [0.15, 0.2) is 0 Å². The summed E-state index contributed by atoms with van der Waals surface area (Å²) in [6.45, 7) is 2.10. The van der Waals surface area contributed by atoms with Gasteiger partial charge in [0.1, 0.15) is 6.10 Å². The van der Waals surface area contributed by atoms with Crippen LogP contribution in [0.25, 0.3) is 0 Å². The van der Waals surface area contributed by atoms with E-state index in [9.17, 15) is 10.1 Å². The van der Waals surface area contributed by atoms with Gasteiger partial charge in [0.2, 0.25) is 0 Å². The Morgan fingerprint density at radius 3 is 2.11 bits per heavy atom. The number of nitrogens with zero attached hydrogens (tertiary/aromatic N) is 1. The first-order valence-corrected chi connectivity index (χ1v) is 2.44. The van der Waals surface area contributed by atoms with Crippen molar-refractivity contribution in [2.45, 2.75) is 25.7 Å². The lowest BCUT2D eigenvalue weighted by molar-refractivity contribution is -0.631. The van der Waals surface area contributed by atoms with Crippen LogP contribution < -0.4 is 0 Å². The lowest BCUT2D eigenvalue weighted by atomic mass is 10.2. The van der Waals surface area contributed by atoms with Gasteiger partial charge in [-0.25, -0.2) is 0 Å². The van der Waals surface area contributed by atoms with Crippen molar-refractivity contribution in [1.82, 2.24) is 0 Å². The molecule has 0 aliphatic heterocycles. The third kappa shape index (κ3) is 1.62. The monoisotopic (exact) mass is 135 g/mol. The first-order chi connectivity index (χ1) is 3.89. The van der Waals surface area contributed by atoms with Crippen LogP contribution in [0.5, 0.6) is 0 Å². The van der Waals surface area contributed by atoms with Crippen molar-refractivity contribution >= 4 is 0 Å². The molecule has 0 spiro atoms. The Labute approximate surface area is 52.1 Å². The van der Waals surface area contributed by atoms with Crippen molar-refractivity contribution in [3.05, 3.63) is 10.1 Å². The van der Waals surface area contributed by atoms with E-state index in [1.165, 1.54) is 0 Å². The SMILES string of the molecule is CC(O)C(C)(O)[N+](=O)[O-]. The summed E-state index contributed by atoms with van der Waals surface area (Å²) in [5.41, 5.74) is -2.22. The van der Waals surface area contributed by atoms with Crippen molar-refractivity contribution in [2.24, 2.45) is 0 Å². The van der Waals surface area contributed by atoms with Gasteiger partial charge in [-0.3, -0.25) is 10.1 Å². The Bertz CT molecular complexity index is 120. The fraction of sp³-hybridized carbons (Fsp3) is 1.00. The summed E-state index contributed by atoms with van der Waals surface area (Å²) in [5.74, 6) is 0. The summed E-state index contributed by atoms with van der Waals surface area (Å²) < 4.78 is 0. The van der Waals surface area contributed by atoms with E-state index in [1.807, 2.05) is 0 Å². The van der Waals surface area contributed by atoms with Crippen LogP contribution >= 0.6 is 0 Å². The van der Waals surface area contributed by atoms with Gasteiger partial charge >= 0.3 is 5.72 Å². The molecule has 0 saturated heterocycles. The summed E-state index contributed by atoms with van der Waals surface area (Å²) in [6, 6.07) is 0. The maximum atomic E-state index is 9.86. The van der Waals surface area contributed by atoms with Crippen LogP contribution in [-0.2, 0) is 0 Å². The molecule has 0 heterocycles. The minimum atomic E-state index is -2.22. The van der Waals surface area contributed by atoms with E-state index in [0.717, 1.165) is 13.8 Å². The molecule has 0 rings (SSSR count). The smallest absolute Gasteiger partial charge is 0.345 e. The average Bonchev–Trinajstić information content (AvgIpc) is 1.65. The Kier molecular flexibility index (Phi) is 2.11. The second-order valence-corrected chi connectivity index (χ2v) is 2.03. The molecule has 0 aliphatic rings. The standard InChI is InChI=1S/C4H9NO4/c1-3(6)4(2,7)5(8)9/h3,6-7H,1-2H3. The van der Waals surface area contributed by atoms with Crippen LogP contribution in [0.4, 0.5) is 0 Å². The predicted molar refractivity (Wildman–Crippen MR) is 29.3 cm³/mol. The van der Waals surface area contributed by atoms with Gasteiger partial charge < -0.3 is 10.2 Å². The quantitative estimate of drug-likeness (QED) is 0.299. The zero-order valence-corrected chi connectivity index (χ0v) is 5.24. The molecule has 0 bridgehead atoms. The van der Waals surface area contributed by atoms with E-state index in [2.05, 4.69) is 0 Å². The topological polar surface area (TPSA) is 83.6 Å². The molecule has 0 saturated carbocycles. The van der Waals surface area contributed by atoms with Gasteiger partial charge in [-0.15, -0.1) is 0 Å². The highest BCUT2D eigenvalue weighted by Crippen LogP contribution is 2.08. The summed E-state index contributed by atoms with van der Waals surface area (Å²) >= 11 is 0. The fourth-order valence-electron chi connectivity index (χ4n) is 0.153. The molecule has 5 heteroatoms. The van der Waals surface area contributed by atoms with Crippen LogP contribution in [0.15, 0.2) is 0 Å². The Morgan fingerprint density at radius 1 is 1.78 bits per heavy atom. The first kappa shape index (κ1) is 8.32. The van der Waals surface area contributed by atoms with E-state index in [0.29, 0.717) is 0 Å². The first-order valence-electron chi connectivity index (χ1n) is 2.44. The van der Waals surface area contributed by atoms with Crippen LogP contribution in [-0.4, -0.2) is 27.0 Å². The van der Waals surface area contributed by atoms with Gasteiger partial charge in [-0.2, -0.15) is 0 Å². The van der Waals surface area contributed by atoms with E-state index < -0.39 is 16.8 Å². The molecule has 0 amide bonds. The minimum absolute atomic E-state index is 0.933. The highest BCUT2D eigenvalue weighted by atomic mass is 16.7. The van der Waals surface area contributed by atoms with Crippen LogP contribution in [0.1, 0.15) is 13.8 Å². The van der Waals surface area contributed by atoms with Crippen molar-refractivity contribution in [3.8, 4) is 0 Å². The van der Waals surface area contributed by atoms with Gasteiger partial charge in [0.05, 0.1) is 4.92 Å². The van der Waals surface area contributed by atoms with Crippen LogP contribution in [0, 0.1) is 10.1 Å². The minimum Gasteiger partial charge on any atom is -0.383 e. The number of hydrogen-bond donors (Lipinski definition) is 2. The molecule has 0 aromatic heterocycles. The largest absolute Gasteiger partial charge is 0.383 e. The molecule has 9 heavy (non-hydrogen) atoms. The highest BCUT2D eigenvalue weighted by molar-refractivity contribution is 4.64. The molecule has 0 fully saturated rings. The maximum absolute atomic E-state index is 9.86. The lowest BCUT2D eigenvalue weighted by Crippen LogP contribution is -2.44. The molecule has 54 valence electrons. The molecule has 2 atom stereocenters. The lowest BCUT2D eigenvalue weighted by Gasteiger charge is -2.15. The Hall–Kier alpha value is -0.680. The van der Waals surface area contributed by atoms with Crippen LogP contribution in [0.3, 0.4) is 0 Å². The summed E-state index contributed by atoms with van der Waals surface area (Å²) in [6.07, 6.45) is -1.35. The summed E-state index contributed by atoms with van der Waals surface area (Å²) in [4.78, 5) is 8.93. The van der Waals surface area contributed by atoms with E-state index in [4.69, 9.17) is 10.2 Å². The molecule has 0 aromatic rings. The van der Waals surface area contributed by atoms with Gasteiger partial charge in [0.25, 0.3) is 0 Å². The number of hydrogen-bond acceptors (Lipinski definition) is 4. The van der Waals surface area contributed by atoms with Crippen LogP contribution in [0.2, 0.25) is 0 Å². The third-order valence-corrected chi connectivity index (χ3v) is 1.16. The van der Waals surface area contributed by atoms with Crippen molar-refractivity contribution in [3.63, 3.8) is 0 Å². The number of rotatable bonds is 2. The Balaban J connectivity index is 4.19. The molecule has 2 N–H and O–H groups in total. The van der Waals surface area contributed by atoms with Gasteiger partial charge in [0, 0.05) is 6.92 Å². The number of nitro groups is 1. The van der Waals surface area contributed by atoms with E-state index >= 15 is 0 Å². The second-order valence-electron chi connectivity index (χ2n) is 2.03. The highest BCUT2D eigenvalue weighted by Gasteiger charge is 2.39. The summed E-state index contributed by atoms with van der Waals surface area (Å²) in [7, 11) is 0. The van der Waals surface area contributed by atoms with Crippen molar-refractivity contribution in [1.29, 1.82) is 0 Å². The summed E-state index contributed by atoms with van der Waals surface area (Å²) in [5, 5.41) is 27.1. The zero-order chi connectivity index (χ0) is 7.65. The number of aliphatic hydroxyl groups is 2. The molecule has 0 radical (unpaired) electrons. The molecule has 0 aliphatic carbocycles. The molecule has 2 unspecified atom stereocenters. The second kappa shape index (κ2) is 2.28. The Morgan fingerprint density at radius 2 is 2.11 bits per heavy atom. The number of aliphatic hydroxyl groups excluding tert-OH is 1. The third-order valence-electron chi connectivity index (χ3n) is 1.16. The normalized spacial score (nSPS) is 20.4. The predicted octanol–water partition coefficient (Wildman–Crippen LogP) is -0.648. The average molecular weight is 135 g/mol. The molecular formula is C4H9NO4. The van der Waals surface area contributed by atoms with Gasteiger partial charge in [-0.05, 0) is 6.92 Å². The zero-order valence-electron chi connectivity index (χ0n) is 5.24. The van der Waals surface area contributed by atoms with E-state index in [1.54, 1.807) is 0 Å². The fourth-order valence-corrected chi connectivity index (χ4v) is 0.153. The molecule has 5 nitrogen and oxygen atoms in total.